The molecule has 1 saturated heterocycles. The fraction of sp³-hybridized carbons (Fsp3) is 1.00. The summed E-state index contributed by atoms with van der Waals surface area (Å²) in [5.74, 6) is 2.78. The smallest absolute Gasteiger partial charge is 0.0686 e. The molecule has 0 radical (unpaired) electrons. The summed E-state index contributed by atoms with van der Waals surface area (Å²) in [7, 11) is 0. The Morgan fingerprint density at radius 1 is 1.14 bits per heavy atom. The average molecular weight is 214 g/mol. The zero-order valence-corrected chi connectivity index (χ0v) is 9.93. The van der Waals surface area contributed by atoms with Crippen LogP contribution in [0.5, 0.6) is 0 Å². The molecule has 0 bridgehead atoms. The van der Waals surface area contributed by atoms with E-state index in [2.05, 4.69) is 6.92 Å². The minimum absolute atomic E-state index is 0.00463. The van der Waals surface area contributed by atoms with E-state index in [1.807, 2.05) is 11.8 Å². The molecule has 1 aliphatic heterocycles. The van der Waals surface area contributed by atoms with Gasteiger partial charge < -0.3 is 5.11 Å². The Kier molecular flexibility index (Phi) is 3.78. The van der Waals surface area contributed by atoms with Crippen molar-refractivity contribution in [3.63, 3.8) is 0 Å². The summed E-state index contributed by atoms with van der Waals surface area (Å²) in [5.41, 5.74) is 0. The summed E-state index contributed by atoms with van der Waals surface area (Å²) >= 11 is 1.99. The van der Waals surface area contributed by atoms with Crippen LogP contribution in [0.15, 0.2) is 0 Å². The van der Waals surface area contributed by atoms with Crippen LogP contribution in [-0.4, -0.2) is 22.2 Å². The highest BCUT2D eigenvalue weighted by Gasteiger charge is 2.32. The highest BCUT2D eigenvalue weighted by Crippen LogP contribution is 2.37. The fourth-order valence-corrected chi connectivity index (χ4v) is 4.19. The van der Waals surface area contributed by atoms with Gasteiger partial charge in [0.2, 0.25) is 0 Å². The molecular formula is C12H22OS. The van der Waals surface area contributed by atoms with Crippen molar-refractivity contribution in [2.45, 2.75) is 56.8 Å². The van der Waals surface area contributed by atoms with Crippen LogP contribution in [0.1, 0.15) is 45.4 Å². The normalized spacial score (nSPS) is 41.1. The Morgan fingerprint density at radius 3 is 2.43 bits per heavy atom. The lowest BCUT2D eigenvalue weighted by atomic mass is 9.79. The van der Waals surface area contributed by atoms with Crippen LogP contribution < -0.4 is 0 Å². The standard InChI is InChI=1S/C12H22OS/c1-9-4-6-10(7-5-9)12(13)11-3-2-8-14-11/h9-13H,2-8H2,1H3. The van der Waals surface area contributed by atoms with Crippen molar-refractivity contribution >= 4 is 11.8 Å². The number of aliphatic hydroxyl groups excluding tert-OH is 1. The molecule has 2 rings (SSSR count). The lowest BCUT2D eigenvalue weighted by molar-refractivity contribution is 0.0732. The van der Waals surface area contributed by atoms with Crippen LogP contribution >= 0.6 is 11.8 Å². The Balaban J connectivity index is 1.82. The Bertz CT molecular complexity index is 169. The molecule has 1 aliphatic carbocycles. The van der Waals surface area contributed by atoms with Gasteiger partial charge in [0.25, 0.3) is 0 Å². The SMILES string of the molecule is CC1CCC(C(O)C2CCCS2)CC1. The average Bonchev–Trinajstić information content (AvgIpc) is 2.71. The molecule has 2 unspecified atom stereocenters. The van der Waals surface area contributed by atoms with E-state index in [9.17, 15) is 5.11 Å². The van der Waals surface area contributed by atoms with Crippen LogP contribution in [0, 0.1) is 11.8 Å². The molecule has 0 aromatic carbocycles. The predicted molar refractivity (Wildman–Crippen MR) is 62.6 cm³/mol. The molecule has 2 atom stereocenters. The number of thioether (sulfide) groups is 1. The first kappa shape index (κ1) is 10.8. The molecular weight excluding hydrogens is 192 g/mol. The van der Waals surface area contributed by atoms with Crippen LogP contribution in [0.3, 0.4) is 0 Å². The van der Waals surface area contributed by atoms with E-state index in [0.29, 0.717) is 11.2 Å². The van der Waals surface area contributed by atoms with Gasteiger partial charge in [0.1, 0.15) is 0 Å². The van der Waals surface area contributed by atoms with Crippen LogP contribution in [0.4, 0.5) is 0 Å². The molecule has 1 heterocycles. The Labute approximate surface area is 91.7 Å². The lowest BCUT2D eigenvalue weighted by Gasteiger charge is -2.32. The summed E-state index contributed by atoms with van der Waals surface area (Å²) in [6.07, 6.45) is 7.75. The third kappa shape index (κ3) is 2.46. The Hall–Kier alpha value is 0.310. The van der Waals surface area contributed by atoms with Crippen molar-refractivity contribution in [3.05, 3.63) is 0 Å². The molecule has 0 aromatic heterocycles. The van der Waals surface area contributed by atoms with Crippen molar-refractivity contribution in [2.24, 2.45) is 11.8 Å². The molecule has 82 valence electrons. The third-order valence-electron chi connectivity index (χ3n) is 3.89. The van der Waals surface area contributed by atoms with E-state index < -0.39 is 0 Å². The lowest BCUT2D eigenvalue weighted by Crippen LogP contribution is -2.32. The summed E-state index contributed by atoms with van der Waals surface area (Å²) in [4.78, 5) is 0. The maximum absolute atomic E-state index is 10.2. The van der Waals surface area contributed by atoms with Crippen LogP contribution in [-0.2, 0) is 0 Å². The molecule has 2 fully saturated rings. The van der Waals surface area contributed by atoms with E-state index in [-0.39, 0.29) is 6.10 Å². The summed E-state index contributed by atoms with van der Waals surface area (Å²) in [6, 6.07) is 0. The molecule has 1 saturated carbocycles. The van der Waals surface area contributed by atoms with E-state index in [1.165, 1.54) is 44.3 Å². The maximum Gasteiger partial charge on any atom is 0.0686 e. The second-order valence-electron chi connectivity index (χ2n) is 5.06. The van der Waals surface area contributed by atoms with Gasteiger partial charge in [-0.3, -0.25) is 0 Å². The van der Waals surface area contributed by atoms with Crippen molar-refractivity contribution in [2.75, 3.05) is 5.75 Å². The second-order valence-corrected chi connectivity index (χ2v) is 6.41. The molecule has 1 nitrogen and oxygen atoms in total. The first-order valence-electron chi connectivity index (χ1n) is 6.07. The second kappa shape index (κ2) is 4.89. The van der Waals surface area contributed by atoms with Crippen molar-refractivity contribution < 1.29 is 5.11 Å². The fourth-order valence-electron chi connectivity index (χ4n) is 2.80. The summed E-state index contributed by atoms with van der Waals surface area (Å²) < 4.78 is 0. The largest absolute Gasteiger partial charge is 0.392 e. The van der Waals surface area contributed by atoms with Gasteiger partial charge in [0.15, 0.2) is 0 Å². The molecule has 14 heavy (non-hydrogen) atoms. The summed E-state index contributed by atoms with van der Waals surface area (Å²) in [6.45, 7) is 2.34. The van der Waals surface area contributed by atoms with Gasteiger partial charge in [0.05, 0.1) is 6.10 Å². The third-order valence-corrected chi connectivity index (χ3v) is 5.36. The van der Waals surface area contributed by atoms with E-state index in [0.717, 1.165) is 5.92 Å². The van der Waals surface area contributed by atoms with Gasteiger partial charge in [-0.1, -0.05) is 19.8 Å². The summed E-state index contributed by atoms with van der Waals surface area (Å²) in [5, 5.41) is 10.8. The molecule has 2 aliphatic rings. The van der Waals surface area contributed by atoms with Gasteiger partial charge in [-0.15, -0.1) is 0 Å². The number of hydrogen-bond donors (Lipinski definition) is 1. The zero-order valence-electron chi connectivity index (χ0n) is 9.11. The van der Waals surface area contributed by atoms with Gasteiger partial charge in [-0.25, -0.2) is 0 Å². The van der Waals surface area contributed by atoms with E-state index in [1.54, 1.807) is 0 Å². The van der Waals surface area contributed by atoms with Crippen molar-refractivity contribution in [3.8, 4) is 0 Å². The monoisotopic (exact) mass is 214 g/mol. The van der Waals surface area contributed by atoms with Gasteiger partial charge in [-0.05, 0) is 43.3 Å². The highest BCUT2D eigenvalue weighted by molar-refractivity contribution is 8.00. The molecule has 0 aromatic rings. The predicted octanol–water partition coefficient (Wildman–Crippen LogP) is 3.07. The number of hydrogen-bond acceptors (Lipinski definition) is 2. The number of aliphatic hydroxyl groups is 1. The van der Waals surface area contributed by atoms with E-state index in [4.69, 9.17) is 0 Å². The highest BCUT2D eigenvalue weighted by atomic mass is 32.2. The first-order chi connectivity index (χ1) is 6.77. The molecule has 0 spiro atoms. The van der Waals surface area contributed by atoms with Crippen LogP contribution in [0.2, 0.25) is 0 Å². The molecule has 2 heteroatoms. The molecule has 1 N–H and O–H groups in total. The Morgan fingerprint density at radius 2 is 1.86 bits per heavy atom. The van der Waals surface area contributed by atoms with Crippen molar-refractivity contribution in [1.29, 1.82) is 0 Å². The van der Waals surface area contributed by atoms with E-state index >= 15 is 0 Å². The minimum atomic E-state index is -0.00463. The quantitative estimate of drug-likeness (QED) is 0.762. The van der Waals surface area contributed by atoms with Gasteiger partial charge in [0, 0.05) is 5.25 Å². The molecule has 0 amide bonds. The van der Waals surface area contributed by atoms with Crippen molar-refractivity contribution in [1.82, 2.24) is 0 Å². The van der Waals surface area contributed by atoms with Gasteiger partial charge in [-0.2, -0.15) is 11.8 Å². The first-order valence-corrected chi connectivity index (χ1v) is 7.12. The van der Waals surface area contributed by atoms with Crippen LogP contribution in [0.25, 0.3) is 0 Å². The maximum atomic E-state index is 10.2. The zero-order chi connectivity index (χ0) is 9.97. The topological polar surface area (TPSA) is 20.2 Å². The van der Waals surface area contributed by atoms with Gasteiger partial charge >= 0.3 is 0 Å². The minimum Gasteiger partial charge on any atom is -0.392 e. The number of rotatable bonds is 2.